The Balaban J connectivity index is 3.85. The van der Waals surface area contributed by atoms with Gasteiger partial charge in [0.15, 0.2) is 5.78 Å². The molecule has 1 nitrogen and oxygen atoms in total. The summed E-state index contributed by atoms with van der Waals surface area (Å²) in [5.41, 5.74) is 0. The Morgan fingerprint density at radius 3 is 2.36 bits per heavy atom. The molecular weight excluding hydrogens is 136 g/mol. The summed E-state index contributed by atoms with van der Waals surface area (Å²) >= 11 is 0. The molecule has 0 radical (unpaired) electrons. The molecule has 0 aromatic carbocycles. The zero-order chi connectivity index (χ0) is 8.85. The zero-order valence-electron chi connectivity index (χ0n) is 7.92. The van der Waals surface area contributed by atoms with Gasteiger partial charge in [-0.3, -0.25) is 4.79 Å². The van der Waals surface area contributed by atoms with Crippen LogP contribution in [0, 0.1) is 11.8 Å². The van der Waals surface area contributed by atoms with E-state index in [1.54, 1.807) is 13.0 Å². The number of carbonyl (C=O) groups is 1. The van der Waals surface area contributed by atoms with Crippen LogP contribution in [0.3, 0.4) is 0 Å². The van der Waals surface area contributed by atoms with Crippen LogP contribution in [-0.4, -0.2) is 5.78 Å². The van der Waals surface area contributed by atoms with E-state index >= 15 is 0 Å². The second kappa shape index (κ2) is 5.11. The first kappa shape index (κ1) is 10.4. The number of hydrogen-bond acceptors (Lipinski definition) is 1. The predicted octanol–water partition coefficient (Wildman–Crippen LogP) is 2.81. The smallest absolute Gasteiger partial charge is 0.152 e. The van der Waals surface area contributed by atoms with E-state index in [2.05, 4.69) is 20.8 Å². The maximum atomic E-state index is 10.6. The van der Waals surface area contributed by atoms with Crippen molar-refractivity contribution in [2.45, 2.75) is 34.1 Å². The lowest BCUT2D eigenvalue weighted by Crippen LogP contribution is -2.03. The number of ketones is 1. The van der Waals surface area contributed by atoms with E-state index < -0.39 is 0 Å². The second-order valence-corrected chi connectivity index (χ2v) is 3.21. The number of rotatable bonds is 4. The first-order valence-corrected chi connectivity index (χ1v) is 4.26. The van der Waals surface area contributed by atoms with Crippen LogP contribution in [0.5, 0.6) is 0 Å². The molecule has 1 heteroatoms. The molecule has 0 aromatic heterocycles. The van der Waals surface area contributed by atoms with E-state index in [4.69, 9.17) is 0 Å². The molecule has 0 bridgehead atoms. The van der Waals surface area contributed by atoms with Crippen LogP contribution < -0.4 is 0 Å². The largest absolute Gasteiger partial charge is 0.295 e. The van der Waals surface area contributed by atoms with Crippen LogP contribution in [0.1, 0.15) is 34.1 Å². The Morgan fingerprint density at radius 2 is 2.00 bits per heavy atom. The molecule has 11 heavy (non-hydrogen) atoms. The molecule has 0 aliphatic heterocycles. The average molecular weight is 154 g/mol. The molecule has 2 unspecified atom stereocenters. The number of hydrogen-bond donors (Lipinski definition) is 0. The quantitative estimate of drug-likeness (QED) is 0.569. The van der Waals surface area contributed by atoms with Crippen LogP contribution in [0.4, 0.5) is 0 Å². The summed E-state index contributed by atoms with van der Waals surface area (Å²) in [6.45, 7) is 8.10. The topological polar surface area (TPSA) is 17.1 Å². The Morgan fingerprint density at radius 1 is 1.45 bits per heavy atom. The van der Waals surface area contributed by atoms with Gasteiger partial charge < -0.3 is 0 Å². The molecule has 0 aliphatic rings. The van der Waals surface area contributed by atoms with Crippen molar-refractivity contribution >= 4 is 5.78 Å². The molecule has 0 amide bonds. The lowest BCUT2D eigenvalue weighted by atomic mass is 9.93. The summed E-state index contributed by atoms with van der Waals surface area (Å²) in [5, 5.41) is 0. The predicted molar refractivity (Wildman–Crippen MR) is 48.4 cm³/mol. The van der Waals surface area contributed by atoms with Gasteiger partial charge >= 0.3 is 0 Å². The second-order valence-electron chi connectivity index (χ2n) is 3.21. The average Bonchev–Trinajstić information content (AvgIpc) is 1.98. The molecular formula is C10H18O. The van der Waals surface area contributed by atoms with Crippen LogP contribution >= 0.6 is 0 Å². The van der Waals surface area contributed by atoms with Crippen LogP contribution in [-0.2, 0) is 4.79 Å². The summed E-state index contributed by atoms with van der Waals surface area (Å²) in [4.78, 5) is 10.6. The van der Waals surface area contributed by atoms with Crippen molar-refractivity contribution in [1.29, 1.82) is 0 Å². The highest BCUT2D eigenvalue weighted by Crippen LogP contribution is 2.15. The van der Waals surface area contributed by atoms with Crippen LogP contribution in [0.25, 0.3) is 0 Å². The highest BCUT2D eigenvalue weighted by atomic mass is 16.1. The standard InChI is InChI=1S/C10H18O/c1-5-8(2)9(3)6-7-10(4)11/h6-9H,5H2,1-4H3. The fourth-order valence-corrected chi connectivity index (χ4v) is 0.849. The van der Waals surface area contributed by atoms with Crippen molar-refractivity contribution in [3.8, 4) is 0 Å². The molecule has 0 spiro atoms. The third kappa shape index (κ3) is 4.77. The normalized spacial score (nSPS) is 16.7. The van der Waals surface area contributed by atoms with E-state index in [0.29, 0.717) is 11.8 Å². The summed E-state index contributed by atoms with van der Waals surface area (Å²) in [6.07, 6.45) is 4.83. The molecule has 2 atom stereocenters. The van der Waals surface area contributed by atoms with Crippen molar-refractivity contribution in [2.75, 3.05) is 0 Å². The lowest BCUT2D eigenvalue weighted by molar-refractivity contribution is -0.112. The van der Waals surface area contributed by atoms with Crippen molar-refractivity contribution in [3.63, 3.8) is 0 Å². The zero-order valence-corrected chi connectivity index (χ0v) is 7.92. The van der Waals surface area contributed by atoms with Gasteiger partial charge in [-0.1, -0.05) is 33.3 Å². The van der Waals surface area contributed by atoms with Gasteiger partial charge in [-0.15, -0.1) is 0 Å². The first-order valence-electron chi connectivity index (χ1n) is 4.26. The van der Waals surface area contributed by atoms with Gasteiger partial charge in [-0.05, 0) is 24.8 Å². The Hall–Kier alpha value is -0.590. The van der Waals surface area contributed by atoms with E-state index in [1.165, 1.54) is 6.42 Å². The highest BCUT2D eigenvalue weighted by Gasteiger charge is 2.05. The van der Waals surface area contributed by atoms with Gasteiger partial charge in [-0.2, -0.15) is 0 Å². The van der Waals surface area contributed by atoms with Gasteiger partial charge in [0.2, 0.25) is 0 Å². The van der Waals surface area contributed by atoms with E-state index in [-0.39, 0.29) is 5.78 Å². The summed E-state index contributed by atoms with van der Waals surface area (Å²) in [7, 11) is 0. The molecule has 0 saturated heterocycles. The summed E-state index contributed by atoms with van der Waals surface area (Å²) in [6, 6.07) is 0. The Labute approximate surface area is 69.5 Å². The molecule has 0 heterocycles. The van der Waals surface area contributed by atoms with Crippen molar-refractivity contribution in [1.82, 2.24) is 0 Å². The minimum Gasteiger partial charge on any atom is -0.295 e. The molecule has 64 valence electrons. The van der Waals surface area contributed by atoms with E-state index in [9.17, 15) is 4.79 Å². The third-order valence-corrected chi connectivity index (χ3v) is 2.18. The monoisotopic (exact) mass is 154 g/mol. The molecule has 0 N–H and O–H groups in total. The molecule has 0 saturated carbocycles. The van der Waals surface area contributed by atoms with Crippen molar-refractivity contribution < 1.29 is 4.79 Å². The van der Waals surface area contributed by atoms with Crippen LogP contribution in [0.2, 0.25) is 0 Å². The molecule has 0 aliphatic carbocycles. The summed E-state index contributed by atoms with van der Waals surface area (Å²) in [5.74, 6) is 1.33. The van der Waals surface area contributed by atoms with Gasteiger partial charge in [0.05, 0.1) is 0 Å². The maximum Gasteiger partial charge on any atom is 0.152 e. The van der Waals surface area contributed by atoms with Gasteiger partial charge in [-0.25, -0.2) is 0 Å². The fourth-order valence-electron chi connectivity index (χ4n) is 0.849. The van der Waals surface area contributed by atoms with Crippen LogP contribution in [0.15, 0.2) is 12.2 Å². The Kier molecular flexibility index (Phi) is 4.84. The highest BCUT2D eigenvalue weighted by molar-refractivity contribution is 5.87. The van der Waals surface area contributed by atoms with E-state index in [0.717, 1.165) is 0 Å². The van der Waals surface area contributed by atoms with E-state index in [1.807, 2.05) is 6.08 Å². The number of allylic oxidation sites excluding steroid dienone is 2. The molecule has 0 rings (SSSR count). The minimum atomic E-state index is 0.139. The van der Waals surface area contributed by atoms with Gasteiger partial charge in [0, 0.05) is 0 Å². The SMILES string of the molecule is CCC(C)C(C)C=CC(C)=O. The third-order valence-electron chi connectivity index (χ3n) is 2.18. The fraction of sp³-hybridized carbons (Fsp3) is 0.700. The maximum absolute atomic E-state index is 10.6. The Bertz CT molecular complexity index is 147. The van der Waals surface area contributed by atoms with Crippen molar-refractivity contribution in [2.24, 2.45) is 11.8 Å². The lowest BCUT2D eigenvalue weighted by Gasteiger charge is -2.12. The van der Waals surface area contributed by atoms with Gasteiger partial charge in [0.25, 0.3) is 0 Å². The number of carbonyl (C=O) groups excluding carboxylic acids is 1. The molecule has 0 aromatic rings. The summed E-state index contributed by atoms with van der Waals surface area (Å²) < 4.78 is 0. The minimum absolute atomic E-state index is 0.139. The van der Waals surface area contributed by atoms with Gasteiger partial charge in [0.1, 0.15) is 0 Å². The first-order chi connectivity index (χ1) is 5.07. The molecule has 0 fully saturated rings. The van der Waals surface area contributed by atoms with Crippen molar-refractivity contribution in [3.05, 3.63) is 12.2 Å².